The summed E-state index contributed by atoms with van der Waals surface area (Å²) in [6.07, 6.45) is -0.700. The molecule has 2 heterocycles. The number of alkyl halides is 3. The van der Waals surface area contributed by atoms with Crippen LogP contribution in [0.4, 0.5) is 5.69 Å². The van der Waals surface area contributed by atoms with Crippen LogP contribution in [0.5, 0.6) is 0 Å². The zero-order chi connectivity index (χ0) is 25.2. The lowest BCUT2D eigenvalue weighted by molar-refractivity contribution is -0.276. The summed E-state index contributed by atoms with van der Waals surface area (Å²) in [6.45, 7) is 4.16. The van der Waals surface area contributed by atoms with Gasteiger partial charge in [-0.15, -0.1) is 0 Å². The predicted octanol–water partition coefficient (Wildman–Crippen LogP) is 4.35. The topological polar surface area (TPSA) is 91.3 Å². The first kappa shape index (κ1) is 26.6. The Morgan fingerprint density at radius 3 is 2.51 bits per heavy atom. The van der Waals surface area contributed by atoms with Gasteiger partial charge in [0, 0.05) is 36.8 Å². The van der Waals surface area contributed by atoms with E-state index < -0.39 is 16.0 Å². The summed E-state index contributed by atoms with van der Waals surface area (Å²) in [4.78, 5) is 14.3. The van der Waals surface area contributed by atoms with Gasteiger partial charge in [-0.2, -0.15) is 0 Å². The van der Waals surface area contributed by atoms with E-state index >= 15 is 0 Å². The van der Waals surface area contributed by atoms with Gasteiger partial charge in [0.2, 0.25) is 0 Å². The number of carbonyl (C=O) groups excluding carboxylic acids is 1. The van der Waals surface area contributed by atoms with Crippen LogP contribution in [0.2, 0.25) is 0 Å². The Kier molecular flexibility index (Phi) is 8.61. The fourth-order valence-corrected chi connectivity index (χ4v) is 4.67. The first-order chi connectivity index (χ1) is 16.6. The Balaban J connectivity index is 1.59. The van der Waals surface area contributed by atoms with Crippen LogP contribution in [0.1, 0.15) is 42.4 Å². The Bertz CT molecular complexity index is 1020. The summed E-state index contributed by atoms with van der Waals surface area (Å²) in [6, 6.07) is 14.7. The number of halogens is 3. The zero-order valence-electron chi connectivity index (χ0n) is 19.2. The second-order valence-corrected chi connectivity index (χ2v) is 11.4. The van der Waals surface area contributed by atoms with Crippen LogP contribution in [-0.4, -0.2) is 56.7 Å². The van der Waals surface area contributed by atoms with Gasteiger partial charge >= 0.3 is 0 Å². The van der Waals surface area contributed by atoms with Crippen molar-refractivity contribution < 1.29 is 24.5 Å². The molecule has 2 fully saturated rings. The summed E-state index contributed by atoms with van der Waals surface area (Å²) < 4.78 is 10.8. The molecule has 3 N–H and O–H groups in total. The third-order valence-electron chi connectivity index (χ3n) is 6.48. The van der Waals surface area contributed by atoms with Crippen LogP contribution in [0.25, 0.3) is 0 Å². The molecular formula is C25H29Cl3N2O5. The average Bonchev–Trinajstić information content (AvgIpc) is 3.24. The lowest BCUT2D eigenvalue weighted by Gasteiger charge is -2.42. The summed E-state index contributed by atoms with van der Waals surface area (Å²) in [5.74, 6) is -0.734. The Labute approximate surface area is 219 Å². The number of nitrogens with zero attached hydrogens (tertiary/aromatic N) is 1. The molecule has 35 heavy (non-hydrogen) atoms. The van der Waals surface area contributed by atoms with E-state index in [9.17, 15) is 15.0 Å². The van der Waals surface area contributed by atoms with Crippen molar-refractivity contribution in [3.05, 3.63) is 65.2 Å². The molecular weight excluding hydrogens is 515 g/mol. The van der Waals surface area contributed by atoms with E-state index in [0.717, 1.165) is 24.1 Å². The highest BCUT2D eigenvalue weighted by Crippen LogP contribution is 2.42. The fourth-order valence-electron chi connectivity index (χ4n) is 4.53. The van der Waals surface area contributed by atoms with Crippen molar-refractivity contribution in [2.24, 2.45) is 5.92 Å². The highest BCUT2D eigenvalue weighted by atomic mass is 35.6. The number of amides is 1. The minimum absolute atomic E-state index is 0.0243. The molecule has 10 heteroatoms. The molecule has 5 atom stereocenters. The molecule has 2 aliphatic rings. The molecule has 0 bridgehead atoms. The van der Waals surface area contributed by atoms with Crippen molar-refractivity contribution in [1.29, 1.82) is 0 Å². The molecule has 5 unspecified atom stereocenters. The smallest absolute Gasteiger partial charge is 0.276 e. The fraction of sp³-hybridized carbons (Fsp3) is 0.480. The van der Waals surface area contributed by atoms with Gasteiger partial charge in [-0.3, -0.25) is 9.69 Å². The monoisotopic (exact) mass is 542 g/mol. The predicted molar refractivity (Wildman–Crippen MR) is 135 cm³/mol. The molecule has 4 rings (SSSR count). The number of hydrogen-bond acceptors (Lipinski definition) is 6. The third kappa shape index (κ3) is 6.67. The molecule has 190 valence electrons. The summed E-state index contributed by atoms with van der Waals surface area (Å²) in [5, 5.41) is 22.0. The quantitative estimate of drug-likeness (QED) is 0.470. The Morgan fingerprint density at radius 1 is 1.14 bits per heavy atom. The maximum Gasteiger partial charge on any atom is 0.276 e. The number of anilines is 1. The van der Waals surface area contributed by atoms with E-state index in [4.69, 9.17) is 44.3 Å². The minimum Gasteiger partial charge on any atom is -0.392 e. The van der Waals surface area contributed by atoms with Crippen molar-refractivity contribution in [3.8, 4) is 0 Å². The van der Waals surface area contributed by atoms with Crippen LogP contribution in [0.15, 0.2) is 48.5 Å². The largest absolute Gasteiger partial charge is 0.392 e. The molecule has 0 spiro atoms. The molecule has 2 aromatic rings. The number of aliphatic hydroxyl groups excluding tert-OH is 2. The van der Waals surface area contributed by atoms with Gasteiger partial charge < -0.3 is 25.0 Å². The number of ether oxygens (including phenoxy) is 2. The Morgan fingerprint density at radius 2 is 1.89 bits per heavy atom. The van der Waals surface area contributed by atoms with Gasteiger partial charge in [0.1, 0.15) is 0 Å². The first-order valence-electron chi connectivity index (χ1n) is 11.5. The van der Waals surface area contributed by atoms with Crippen LogP contribution in [0, 0.1) is 5.92 Å². The van der Waals surface area contributed by atoms with Crippen molar-refractivity contribution in [1.82, 2.24) is 4.90 Å². The van der Waals surface area contributed by atoms with E-state index in [0.29, 0.717) is 24.3 Å². The molecule has 7 nitrogen and oxygen atoms in total. The van der Waals surface area contributed by atoms with E-state index in [-0.39, 0.29) is 30.8 Å². The lowest BCUT2D eigenvalue weighted by atomic mass is 9.90. The molecule has 2 saturated heterocycles. The molecule has 0 aliphatic carbocycles. The Hall–Kier alpha value is -1.42. The molecule has 1 amide bonds. The van der Waals surface area contributed by atoms with Crippen molar-refractivity contribution >= 4 is 46.4 Å². The zero-order valence-corrected chi connectivity index (χ0v) is 21.5. The second-order valence-electron chi connectivity index (χ2n) is 9.10. The second kappa shape index (κ2) is 11.3. The summed E-state index contributed by atoms with van der Waals surface area (Å²) in [5.41, 5.74) is 2.97. The van der Waals surface area contributed by atoms with Gasteiger partial charge in [-0.1, -0.05) is 78.1 Å². The molecule has 2 aliphatic heterocycles. The van der Waals surface area contributed by atoms with E-state index in [1.165, 1.54) is 0 Å². The number of rotatable bonds is 6. The maximum absolute atomic E-state index is 12.1. The third-order valence-corrected chi connectivity index (χ3v) is 7.00. The molecule has 0 radical (unpaired) electrons. The van der Waals surface area contributed by atoms with E-state index in [2.05, 4.69) is 17.1 Å². The SMILES string of the molecule is CC1C(CN2CCC(O)C2)OC(c2cccc(NC(=O)C(Cl)(Cl)Cl)c2)OC1c1ccc(CO)cc1. The van der Waals surface area contributed by atoms with Gasteiger partial charge in [0.05, 0.1) is 24.9 Å². The number of hydrogen-bond donors (Lipinski definition) is 3. The maximum atomic E-state index is 12.1. The molecule has 0 saturated carbocycles. The number of likely N-dealkylation sites (tertiary alicyclic amines) is 1. The minimum atomic E-state index is -2.08. The number of carbonyl (C=O) groups is 1. The van der Waals surface area contributed by atoms with Crippen LogP contribution in [-0.2, 0) is 20.9 Å². The highest BCUT2D eigenvalue weighted by Gasteiger charge is 2.40. The highest BCUT2D eigenvalue weighted by molar-refractivity contribution is 6.76. The van der Waals surface area contributed by atoms with Gasteiger partial charge in [-0.05, 0) is 29.7 Å². The average molecular weight is 544 g/mol. The molecule has 2 aromatic carbocycles. The standard InChI is InChI=1S/C25H29Cl3N2O5/c1-15-21(13-30-10-9-20(32)12-30)34-23(35-22(15)17-7-5-16(14-31)6-8-17)18-3-2-4-19(11-18)29-24(33)25(26,27)28/h2-8,11,15,20-23,31-32H,9-10,12-14H2,1H3,(H,29,33). The van der Waals surface area contributed by atoms with Crippen LogP contribution >= 0.6 is 34.8 Å². The number of β-amino-alcohol motifs (C(OH)–C–C–N with tert-alkyl or cyclic N) is 1. The number of nitrogens with one attached hydrogen (secondary N) is 1. The van der Waals surface area contributed by atoms with E-state index in [1.807, 2.05) is 30.3 Å². The van der Waals surface area contributed by atoms with Crippen LogP contribution < -0.4 is 5.32 Å². The summed E-state index contributed by atoms with van der Waals surface area (Å²) in [7, 11) is 0. The van der Waals surface area contributed by atoms with Gasteiger partial charge in [-0.25, -0.2) is 0 Å². The van der Waals surface area contributed by atoms with Crippen LogP contribution in [0.3, 0.4) is 0 Å². The number of benzene rings is 2. The van der Waals surface area contributed by atoms with Crippen molar-refractivity contribution in [2.75, 3.05) is 25.0 Å². The number of aliphatic hydroxyl groups is 2. The van der Waals surface area contributed by atoms with E-state index in [1.54, 1.807) is 18.2 Å². The molecule has 0 aromatic heterocycles. The lowest BCUT2D eigenvalue weighted by Crippen LogP contribution is -2.44. The van der Waals surface area contributed by atoms with Gasteiger partial charge in [0.25, 0.3) is 9.70 Å². The normalized spacial score (nSPS) is 27.7. The van der Waals surface area contributed by atoms with Gasteiger partial charge in [0.15, 0.2) is 6.29 Å². The van der Waals surface area contributed by atoms with Crippen molar-refractivity contribution in [2.45, 2.75) is 48.3 Å². The first-order valence-corrected chi connectivity index (χ1v) is 12.7. The summed E-state index contributed by atoms with van der Waals surface area (Å²) >= 11 is 17.1. The van der Waals surface area contributed by atoms with Crippen molar-refractivity contribution in [3.63, 3.8) is 0 Å².